The molecule has 2 heterocycles. The van der Waals surface area contributed by atoms with Gasteiger partial charge in [0.2, 0.25) is 11.8 Å². The van der Waals surface area contributed by atoms with Crippen molar-refractivity contribution in [2.45, 2.75) is 23.8 Å². The molecule has 1 aromatic carbocycles. The summed E-state index contributed by atoms with van der Waals surface area (Å²) < 4.78 is 10.8. The topological polar surface area (TPSA) is 90.1 Å². The van der Waals surface area contributed by atoms with Gasteiger partial charge in [-0.25, -0.2) is 4.98 Å². The fourth-order valence-corrected chi connectivity index (χ4v) is 2.97. The lowest BCUT2D eigenvalue weighted by Gasteiger charge is -2.09. The van der Waals surface area contributed by atoms with E-state index in [9.17, 15) is 4.79 Å². The van der Waals surface area contributed by atoms with Crippen molar-refractivity contribution in [3.8, 4) is 5.75 Å². The number of hydrogen-bond acceptors (Lipinski definition) is 7. The number of ether oxygens (including phenoxy) is 1. The molecule has 1 amide bonds. The number of methoxy groups -OCH3 is 1. The molecule has 0 saturated heterocycles. The van der Waals surface area contributed by atoms with Crippen molar-refractivity contribution in [3.63, 3.8) is 0 Å². The molecule has 0 aliphatic heterocycles. The van der Waals surface area contributed by atoms with E-state index in [-0.39, 0.29) is 5.91 Å². The first-order chi connectivity index (χ1) is 13.0. The number of carbonyl (C=O) groups excluding carboxylic acids is 1. The van der Waals surface area contributed by atoms with Gasteiger partial charge in [0, 0.05) is 6.20 Å². The first-order valence-corrected chi connectivity index (χ1v) is 9.33. The summed E-state index contributed by atoms with van der Waals surface area (Å²) in [5, 5.41) is 11.2. The molecule has 2 aromatic heterocycles. The molecule has 27 heavy (non-hydrogen) atoms. The average molecular weight is 405 g/mol. The van der Waals surface area contributed by atoms with E-state index in [2.05, 4.69) is 20.5 Å². The number of benzene rings is 1. The summed E-state index contributed by atoms with van der Waals surface area (Å²) in [5.74, 6) is 1.48. The van der Waals surface area contributed by atoms with Crippen molar-refractivity contribution < 1.29 is 13.9 Å². The first kappa shape index (κ1) is 19.2. The summed E-state index contributed by atoms with van der Waals surface area (Å²) >= 11 is 6.97. The van der Waals surface area contributed by atoms with Crippen LogP contribution >= 0.6 is 23.4 Å². The molecule has 0 aliphatic rings. The second-order valence-electron chi connectivity index (χ2n) is 5.60. The number of nitrogens with one attached hydrogen (secondary N) is 1. The van der Waals surface area contributed by atoms with Gasteiger partial charge in [-0.3, -0.25) is 4.79 Å². The zero-order valence-corrected chi connectivity index (χ0v) is 16.3. The van der Waals surface area contributed by atoms with Crippen LogP contribution in [0.1, 0.15) is 18.4 Å². The van der Waals surface area contributed by atoms with Crippen LogP contribution in [0, 0.1) is 0 Å². The van der Waals surface area contributed by atoms with Gasteiger partial charge in [-0.05, 0) is 36.8 Å². The van der Waals surface area contributed by atoms with E-state index >= 15 is 0 Å². The van der Waals surface area contributed by atoms with Gasteiger partial charge >= 0.3 is 0 Å². The molecule has 0 fully saturated rings. The van der Waals surface area contributed by atoms with E-state index in [0.717, 1.165) is 11.3 Å². The molecule has 3 aromatic rings. The number of rotatable bonds is 7. The predicted octanol–water partition coefficient (Wildman–Crippen LogP) is 3.84. The Bertz CT molecular complexity index is 900. The van der Waals surface area contributed by atoms with Crippen LogP contribution in [-0.2, 0) is 11.2 Å². The normalized spacial score (nSPS) is 11.8. The molecule has 7 nitrogen and oxygen atoms in total. The maximum atomic E-state index is 12.3. The third kappa shape index (κ3) is 5.45. The zero-order chi connectivity index (χ0) is 19.2. The largest absolute Gasteiger partial charge is 0.497 e. The number of anilines is 1. The molecule has 1 atom stereocenters. The molecule has 0 bridgehead atoms. The standard InChI is InChI=1S/C18H17ClN4O3S/c1-11(17(24)21-15-8-5-13(19)10-20-15)27-18-23-22-16(26-18)9-12-3-6-14(25-2)7-4-12/h3-8,10-11H,9H2,1-2H3,(H,20,21,24)/t11-/m1/s1. The highest BCUT2D eigenvalue weighted by atomic mass is 35.5. The Morgan fingerprint density at radius 2 is 2.04 bits per heavy atom. The molecule has 140 valence electrons. The summed E-state index contributed by atoms with van der Waals surface area (Å²) in [7, 11) is 1.62. The summed E-state index contributed by atoms with van der Waals surface area (Å²) in [6, 6.07) is 10.9. The van der Waals surface area contributed by atoms with Crippen LogP contribution in [0.15, 0.2) is 52.2 Å². The summed E-state index contributed by atoms with van der Waals surface area (Å²) in [6.07, 6.45) is 1.98. The second-order valence-corrected chi connectivity index (χ2v) is 7.33. The molecule has 0 unspecified atom stereocenters. The van der Waals surface area contributed by atoms with Gasteiger partial charge in [0.1, 0.15) is 11.6 Å². The summed E-state index contributed by atoms with van der Waals surface area (Å²) in [4.78, 5) is 16.3. The Labute approximate surface area is 165 Å². The van der Waals surface area contributed by atoms with Gasteiger partial charge in [0.05, 0.1) is 23.8 Å². The SMILES string of the molecule is COc1ccc(Cc2nnc(S[C@H](C)C(=O)Nc3ccc(Cl)cn3)o2)cc1. The monoisotopic (exact) mass is 404 g/mol. The minimum Gasteiger partial charge on any atom is -0.497 e. The quantitative estimate of drug-likeness (QED) is 0.598. The lowest BCUT2D eigenvalue weighted by atomic mass is 10.1. The average Bonchev–Trinajstić information content (AvgIpc) is 3.11. The fraction of sp³-hybridized carbons (Fsp3) is 0.222. The van der Waals surface area contributed by atoms with E-state index < -0.39 is 5.25 Å². The predicted molar refractivity (Wildman–Crippen MR) is 103 cm³/mol. The van der Waals surface area contributed by atoms with Gasteiger partial charge < -0.3 is 14.5 Å². The van der Waals surface area contributed by atoms with Crippen LogP contribution in [0.25, 0.3) is 0 Å². The Morgan fingerprint density at radius 1 is 1.26 bits per heavy atom. The van der Waals surface area contributed by atoms with Gasteiger partial charge in [-0.1, -0.05) is 35.5 Å². The number of nitrogens with zero attached hydrogens (tertiary/aromatic N) is 3. The number of carbonyl (C=O) groups is 1. The van der Waals surface area contributed by atoms with E-state index in [1.54, 1.807) is 26.2 Å². The smallest absolute Gasteiger partial charge is 0.277 e. The first-order valence-electron chi connectivity index (χ1n) is 8.08. The highest BCUT2D eigenvalue weighted by molar-refractivity contribution is 8.00. The number of hydrogen-bond donors (Lipinski definition) is 1. The molecular formula is C18H17ClN4O3S. The van der Waals surface area contributed by atoms with Crippen LogP contribution in [0.4, 0.5) is 5.82 Å². The highest BCUT2D eigenvalue weighted by Crippen LogP contribution is 2.24. The van der Waals surface area contributed by atoms with E-state index in [4.69, 9.17) is 20.8 Å². The van der Waals surface area contributed by atoms with Gasteiger partial charge in [-0.2, -0.15) is 0 Å². The highest BCUT2D eigenvalue weighted by Gasteiger charge is 2.19. The third-order valence-electron chi connectivity index (χ3n) is 3.59. The Balaban J connectivity index is 1.55. The van der Waals surface area contributed by atoms with E-state index in [1.165, 1.54) is 18.0 Å². The van der Waals surface area contributed by atoms with Crippen molar-refractivity contribution in [2.24, 2.45) is 0 Å². The van der Waals surface area contributed by atoms with Crippen molar-refractivity contribution in [3.05, 3.63) is 59.1 Å². The number of amides is 1. The van der Waals surface area contributed by atoms with Crippen LogP contribution in [0.3, 0.4) is 0 Å². The van der Waals surface area contributed by atoms with Crippen LogP contribution in [0.2, 0.25) is 5.02 Å². The fourth-order valence-electron chi connectivity index (χ4n) is 2.16. The third-order valence-corrected chi connectivity index (χ3v) is 4.75. The molecule has 3 rings (SSSR count). The Morgan fingerprint density at radius 3 is 2.70 bits per heavy atom. The minimum atomic E-state index is -0.434. The molecule has 9 heteroatoms. The summed E-state index contributed by atoms with van der Waals surface area (Å²) in [5.41, 5.74) is 1.02. The molecule has 1 N–H and O–H groups in total. The number of thioether (sulfide) groups is 1. The minimum absolute atomic E-state index is 0.218. The van der Waals surface area contributed by atoms with Crippen molar-refractivity contribution >= 4 is 35.1 Å². The number of halogens is 1. The molecule has 0 spiro atoms. The molecule has 0 saturated carbocycles. The Kier molecular flexibility index (Phi) is 6.31. The van der Waals surface area contributed by atoms with Crippen molar-refractivity contribution in [1.29, 1.82) is 0 Å². The lowest BCUT2D eigenvalue weighted by molar-refractivity contribution is -0.115. The molecule has 0 radical (unpaired) electrons. The number of aromatic nitrogens is 3. The van der Waals surface area contributed by atoms with E-state index in [0.29, 0.717) is 28.4 Å². The van der Waals surface area contributed by atoms with Crippen LogP contribution in [0.5, 0.6) is 5.75 Å². The molecular weight excluding hydrogens is 388 g/mol. The van der Waals surface area contributed by atoms with E-state index in [1.807, 2.05) is 24.3 Å². The van der Waals surface area contributed by atoms with Gasteiger partial charge in [0.15, 0.2) is 0 Å². The van der Waals surface area contributed by atoms with Gasteiger partial charge in [0.25, 0.3) is 5.22 Å². The van der Waals surface area contributed by atoms with Crippen LogP contribution < -0.4 is 10.1 Å². The zero-order valence-electron chi connectivity index (χ0n) is 14.7. The maximum absolute atomic E-state index is 12.3. The molecule has 0 aliphatic carbocycles. The van der Waals surface area contributed by atoms with Crippen molar-refractivity contribution in [1.82, 2.24) is 15.2 Å². The lowest BCUT2D eigenvalue weighted by Crippen LogP contribution is -2.22. The van der Waals surface area contributed by atoms with Gasteiger partial charge in [-0.15, -0.1) is 10.2 Å². The Hall–Kier alpha value is -2.58. The number of pyridine rings is 1. The second kappa shape index (κ2) is 8.88. The van der Waals surface area contributed by atoms with Crippen molar-refractivity contribution in [2.75, 3.05) is 12.4 Å². The maximum Gasteiger partial charge on any atom is 0.277 e. The summed E-state index contributed by atoms with van der Waals surface area (Å²) in [6.45, 7) is 1.75. The van der Waals surface area contributed by atoms with Crippen LogP contribution in [-0.4, -0.2) is 33.4 Å².